The van der Waals surface area contributed by atoms with E-state index in [0.29, 0.717) is 48.1 Å². The van der Waals surface area contributed by atoms with E-state index in [9.17, 15) is 10.3 Å². The molecule has 1 N–H and O–H groups in total. The molecule has 146 valence electrons. The van der Waals surface area contributed by atoms with E-state index in [4.69, 9.17) is 4.74 Å². The van der Waals surface area contributed by atoms with Crippen LogP contribution in [-0.2, 0) is 0 Å². The predicted octanol–water partition coefficient (Wildman–Crippen LogP) is 2.31. The molecule has 7 heteroatoms. The number of ether oxygens (including phenoxy) is 1. The van der Waals surface area contributed by atoms with Gasteiger partial charge in [-0.2, -0.15) is 4.65 Å². The lowest BCUT2D eigenvalue weighted by Gasteiger charge is -2.26. The lowest BCUT2D eigenvalue weighted by Crippen LogP contribution is -2.46. The van der Waals surface area contributed by atoms with Crippen molar-refractivity contribution in [2.75, 3.05) is 33.3 Å². The number of methoxy groups -OCH3 is 1. The Morgan fingerprint density at radius 3 is 2.71 bits per heavy atom. The van der Waals surface area contributed by atoms with E-state index in [2.05, 4.69) is 9.98 Å². The van der Waals surface area contributed by atoms with Gasteiger partial charge >= 0.3 is 0 Å². The maximum absolute atomic E-state index is 13.3. The van der Waals surface area contributed by atoms with E-state index in [1.807, 2.05) is 42.5 Å². The number of benzene rings is 2. The Hall–Kier alpha value is -2.90. The van der Waals surface area contributed by atoms with Crippen LogP contribution in [0.4, 0.5) is 0 Å². The van der Waals surface area contributed by atoms with Crippen molar-refractivity contribution in [3.05, 3.63) is 42.0 Å². The normalized spacial score (nSPS) is 13.2. The average Bonchev–Trinajstić information content (AvgIpc) is 3.16. The molecule has 0 atom stereocenters. The first-order valence-corrected chi connectivity index (χ1v) is 9.51. The molecule has 2 aromatic heterocycles. The summed E-state index contributed by atoms with van der Waals surface area (Å²) >= 11 is 0. The second-order valence-electron chi connectivity index (χ2n) is 6.99. The lowest BCUT2D eigenvalue weighted by molar-refractivity contribution is -1.10. The summed E-state index contributed by atoms with van der Waals surface area (Å²) < 4.78 is 7.20. The molecule has 0 unspecified atom stereocenters. The molecule has 0 saturated heterocycles. The van der Waals surface area contributed by atoms with E-state index in [-0.39, 0.29) is 10.4 Å². The summed E-state index contributed by atoms with van der Waals surface area (Å²) in [5, 5.41) is 25.6. The second kappa shape index (κ2) is 6.92. The van der Waals surface area contributed by atoms with Crippen molar-refractivity contribution in [1.29, 1.82) is 0 Å². The van der Waals surface area contributed by atoms with Crippen LogP contribution in [0.2, 0.25) is 0 Å². The fraction of sp³-hybridized carbons (Fsp3) is 0.333. The highest BCUT2D eigenvalue weighted by Gasteiger charge is 2.19. The number of aromatic nitrogens is 2. The molecule has 0 fully saturated rings. The Morgan fingerprint density at radius 2 is 2.00 bits per heavy atom. The maximum atomic E-state index is 13.3. The van der Waals surface area contributed by atoms with Crippen LogP contribution in [0.1, 0.15) is 13.8 Å². The third-order valence-electron chi connectivity index (χ3n) is 5.60. The summed E-state index contributed by atoms with van der Waals surface area (Å²) in [6.07, 6.45) is 1.74. The van der Waals surface area contributed by atoms with Crippen molar-refractivity contribution in [2.45, 2.75) is 13.8 Å². The second-order valence-corrected chi connectivity index (χ2v) is 6.99. The number of fused-ring (bicyclic) bond motifs is 2. The van der Waals surface area contributed by atoms with Gasteiger partial charge in [0, 0.05) is 5.39 Å². The minimum atomic E-state index is -0.0815. The number of pyridine rings is 1. The third kappa shape index (κ3) is 2.83. The molecule has 0 aliphatic rings. The van der Waals surface area contributed by atoms with Gasteiger partial charge < -0.3 is 9.84 Å². The van der Waals surface area contributed by atoms with Crippen molar-refractivity contribution in [3.8, 4) is 11.5 Å². The fourth-order valence-electron chi connectivity index (χ4n) is 3.70. The summed E-state index contributed by atoms with van der Waals surface area (Å²) in [6.45, 7) is 6.08. The highest BCUT2D eigenvalue weighted by molar-refractivity contribution is 6.06. The fourth-order valence-corrected chi connectivity index (χ4v) is 3.70. The van der Waals surface area contributed by atoms with Gasteiger partial charge in [0.1, 0.15) is 31.7 Å². The van der Waals surface area contributed by atoms with E-state index in [0.717, 1.165) is 16.6 Å². The molecule has 4 rings (SSSR count). The third-order valence-corrected chi connectivity index (χ3v) is 5.60. The van der Waals surface area contributed by atoms with Crippen LogP contribution in [0.5, 0.6) is 11.5 Å². The summed E-state index contributed by atoms with van der Waals surface area (Å²) in [5.41, 5.74) is 2.33. The summed E-state index contributed by atoms with van der Waals surface area (Å²) in [7, 11) is 1.58. The standard InChI is InChI=1S/C21H24N4O3/c1-4-25(27,5-2)11-10-22-16-7-8-17-20-19(16)21(26)15-12-14(28-3)6-9-18(15)24(20)13-23-17/h6-9,12-13,27H,4-5,10-11H2,1-3H3. The van der Waals surface area contributed by atoms with Gasteiger partial charge in [-0.3, -0.25) is 9.39 Å². The first-order valence-electron chi connectivity index (χ1n) is 9.51. The monoisotopic (exact) mass is 380 g/mol. The molecule has 0 radical (unpaired) electrons. The zero-order valence-corrected chi connectivity index (χ0v) is 16.3. The number of imidazole rings is 1. The molecule has 28 heavy (non-hydrogen) atoms. The Bertz CT molecular complexity index is 1210. The predicted molar refractivity (Wildman–Crippen MR) is 106 cm³/mol. The first kappa shape index (κ1) is 18.5. The van der Waals surface area contributed by atoms with Gasteiger partial charge in [0.2, 0.25) is 0 Å². The Labute approximate surface area is 162 Å². The number of hydrogen-bond acceptors (Lipinski definition) is 5. The number of nitrogens with zero attached hydrogens (tertiary/aromatic N) is 4. The van der Waals surface area contributed by atoms with Crippen molar-refractivity contribution in [3.63, 3.8) is 0 Å². The largest absolute Gasteiger partial charge is 0.871 e. The molecular weight excluding hydrogens is 356 g/mol. The molecule has 0 bridgehead atoms. The number of rotatable bonds is 6. The molecular formula is C21H24N4O3. The van der Waals surface area contributed by atoms with Crippen LogP contribution in [0.3, 0.4) is 0 Å². The van der Waals surface area contributed by atoms with Gasteiger partial charge in [-0.15, -0.1) is 0 Å². The zero-order chi connectivity index (χ0) is 19.9. The molecule has 4 aromatic rings. The van der Waals surface area contributed by atoms with Crippen molar-refractivity contribution < 1.29 is 19.7 Å². The number of likely N-dealkylation sites (N-methyl/N-ethyl adjacent to an activating group) is 1. The summed E-state index contributed by atoms with van der Waals surface area (Å²) in [4.78, 5) is 9.11. The molecule has 0 spiro atoms. The van der Waals surface area contributed by atoms with Crippen molar-refractivity contribution >= 4 is 27.3 Å². The Morgan fingerprint density at radius 1 is 1.21 bits per heavy atom. The van der Waals surface area contributed by atoms with Gasteiger partial charge in [-0.1, -0.05) is 5.75 Å². The summed E-state index contributed by atoms with van der Waals surface area (Å²) in [5.74, 6) is 0.552. The SMILES string of the molecule is CC[N+](O)(CC)CCN=c1ccc2ncn3c4ccc(OC)cc4c([O-])c1c23. The van der Waals surface area contributed by atoms with Gasteiger partial charge in [0.15, 0.2) is 0 Å². The highest BCUT2D eigenvalue weighted by atomic mass is 16.5. The van der Waals surface area contributed by atoms with Gasteiger partial charge in [-0.25, -0.2) is 10.2 Å². The van der Waals surface area contributed by atoms with E-state index < -0.39 is 0 Å². The highest BCUT2D eigenvalue weighted by Crippen LogP contribution is 2.34. The Balaban J connectivity index is 1.95. The quantitative estimate of drug-likeness (QED) is 0.316. The van der Waals surface area contributed by atoms with Crippen LogP contribution < -0.4 is 15.2 Å². The topological polar surface area (TPSA) is 82.2 Å². The van der Waals surface area contributed by atoms with Crippen molar-refractivity contribution in [2.24, 2.45) is 4.99 Å². The molecule has 2 heterocycles. The van der Waals surface area contributed by atoms with E-state index in [1.165, 1.54) is 0 Å². The van der Waals surface area contributed by atoms with Gasteiger partial charge in [0.25, 0.3) is 0 Å². The molecule has 0 saturated carbocycles. The molecule has 0 amide bonds. The Kier molecular flexibility index (Phi) is 4.56. The number of hydroxylamine groups is 3. The molecule has 0 aliphatic carbocycles. The van der Waals surface area contributed by atoms with Crippen LogP contribution in [0, 0.1) is 0 Å². The molecule has 7 nitrogen and oxygen atoms in total. The number of quaternary nitrogens is 1. The van der Waals surface area contributed by atoms with Crippen LogP contribution in [0.25, 0.3) is 27.3 Å². The smallest absolute Gasteiger partial charge is 0.128 e. The van der Waals surface area contributed by atoms with Gasteiger partial charge in [-0.05, 0) is 49.6 Å². The van der Waals surface area contributed by atoms with Crippen molar-refractivity contribution in [1.82, 2.24) is 9.38 Å². The van der Waals surface area contributed by atoms with E-state index >= 15 is 0 Å². The minimum absolute atomic E-state index is 0.0347. The average molecular weight is 380 g/mol. The van der Waals surface area contributed by atoms with E-state index in [1.54, 1.807) is 19.5 Å². The number of hydrogen-bond donors (Lipinski definition) is 1. The maximum Gasteiger partial charge on any atom is 0.128 e. The van der Waals surface area contributed by atoms with Gasteiger partial charge in [0.05, 0.1) is 35.6 Å². The first-order chi connectivity index (χ1) is 13.5. The summed E-state index contributed by atoms with van der Waals surface area (Å²) in [6, 6.07) is 9.19. The van der Waals surface area contributed by atoms with Crippen LogP contribution in [-0.4, -0.2) is 52.5 Å². The van der Waals surface area contributed by atoms with Crippen LogP contribution in [0.15, 0.2) is 41.7 Å². The molecule has 2 aromatic carbocycles. The lowest BCUT2D eigenvalue weighted by atomic mass is 10.1. The molecule has 0 aliphatic heterocycles. The van der Waals surface area contributed by atoms with Crippen LogP contribution >= 0.6 is 0 Å². The minimum Gasteiger partial charge on any atom is -0.871 e. The zero-order valence-electron chi connectivity index (χ0n) is 16.3.